The molecule has 0 radical (unpaired) electrons. The first kappa shape index (κ1) is 24.4. The molecule has 4 N–H and O–H groups in total. The highest BCUT2D eigenvalue weighted by molar-refractivity contribution is 7.89. The molecule has 0 spiro atoms. The second-order valence-electron chi connectivity index (χ2n) is 6.75. The van der Waals surface area contributed by atoms with Crippen molar-refractivity contribution < 1.29 is 22.7 Å². The highest BCUT2D eigenvalue weighted by Gasteiger charge is 2.24. The van der Waals surface area contributed by atoms with Crippen LogP contribution in [0.15, 0.2) is 47.4 Å². The molecule has 1 unspecified atom stereocenters. The SMILES string of the molecule is CCOc1ccc(NC(=O)CC(NC(N)=O)c2ccc(Cl)cc2)cc1S(=O)(=O)N(C)C. The van der Waals surface area contributed by atoms with Crippen molar-refractivity contribution >= 4 is 39.2 Å². The van der Waals surface area contributed by atoms with E-state index in [4.69, 9.17) is 22.1 Å². The molecule has 0 heterocycles. The normalized spacial score (nSPS) is 12.3. The lowest BCUT2D eigenvalue weighted by Crippen LogP contribution is -2.35. The van der Waals surface area contributed by atoms with E-state index in [2.05, 4.69) is 10.6 Å². The van der Waals surface area contributed by atoms with E-state index in [1.54, 1.807) is 31.2 Å². The summed E-state index contributed by atoms with van der Waals surface area (Å²) in [5.74, 6) is -0.269. The van der Waals surface area contributed by atoms with Crippen LogP contribution in [-0.2, 0) is 14.8 Å². The molecule has 0 aliphatic heterocycles. The van der Waals surface area contributed by atoms with Gasteiger partial charge in [-0.05, 0) is 42.8 Å². The summed E-state index contributed by atoms with van der Waals surface area (Å²) in [6, 6.07) is 9.49. The molecule has 2 rings (SSSR count). The van der Waals surface area contributed by atoms with Crippen molar-refractivity contribution in [2.45, 2.75) is 24.3 Å². The number of nitrogens with two attached hydrogens (primary N) is 1. The van der Waals surface area contributed by atoms with Gasteiger partial charge in [-0.3, -0.25) is 4.79 Å². The summed E-state index contributed by atoms with van der Waals surface area (Å²) in [7, 11) is -0.992. The Morgan fingerprint density at radius 3 is 2.35 bits per heavy atom. The number of anilines is 1. The van der Waals surface area contributed by atoms with Gasteiger partial charge in [0.05, 0.1) is 19.1 Å². The van der Waals surface area contributed by atoms with Crippen molar-refractivity contribution in [3.63, 3.8) is 0 Å². The molecular formula is C20H25ClN4O5S. The van der Waals surface area contributed by atoms with Gasteiger partial charge in [-0.1, -0.05) is 23.7 Å². The van der Waals surface area contributed by atoms with E-state index in [-0.39, 0.29) is 29.4 Å². The average Bonchev–Trinajstić information content (AvgIpc) is 2.68. The number of nitrogens with one attached hydrogen (secondary N) is 2. The third-order valence-corrected chi connectivity index (χ3v) is 6.35. The van der Waals surface area contributed by atoms with Crippen LogP contribution in [0.1, 0.15) is 24.9 Å². The Balaban J connectivity index is 2.26. The van der Waals surface area contributed by atoms with Crippen LogP contribution in [0.5, 0.6) is 5.75 Å². The third-order valence-electron chi connectivity index (χ3n) is 4.26. The molecule has 2 aromatic rings. The number of primary amides is 1. The maximum Gasteiger partial charge on any atom is 0.312 e. The predicted octanol–water partition coefficient (Wildman–Crippen LogP) is 2.73. The highest BCUT2D eigenvalue weighted by Crippen LogP contribution is 2.29. The van der Waals surface area contributed by atoms with Gasteiger partial charge in [0.1, 0.15) is 10.6 Å². The Labute approximate surface area is 186 Å². The minimum Gasteiger partial charge on any atom is -0.492 e. The molecule has 2 aromatic carbocycles. The second kappa shape index (κ2) is 10.5. The fourth-order valence-electron chi connectivity index (χ4n) is 2.78. The second-order valence-corrected chi connectivity index (χ2v) is 9.30. The number of hydrogen-bond donors (Lipinski definition) is 3. The van der Waals surface area contributed by atoms with Gasteiger partial charge < -0.3 is 21.1 Å². The first-order valence-corrected chi connectivity index (χ1v) is 11.2. The van der Waals surface area contributed by atoms with Crippen molar-refractivity contribution in [3.8, 4) is 5.75 Å². The van der Waals surface area contributed by atoms with E-state index in [1.165, 1.54) is 32.3 Å². The molecule has 9 nitrogen and oxygen atoms in total. The van der Waals surface area contributed by atoms with Crippen LogP contribution in [0.3, 0.4) is 0 Å². The topological polar surface area (TPSA) is 131 Å². The van der Waals surface area contributed by atoms with Crippen LogP contribution in [0.4, 0.5) is 10.5 Å². The largest absolute Gasteiger partial charge is 0.492 e. The fourth-order valence-corrected chi connectivity index (χ4v) is 3.95. The van der Waals surface area contributed by atoms with E-state index in [9.17, 15) is 18.0 Å². The van der Waals surface area contributed by atoms with Crippen LogP contribution in [-0.4, -0.2) is 45.4 Å². The monoisotopic (exact) mass is 468 g/mol. The summed E-state index contributed by atoms with van der Waals surface area (Å²) in [5, 5.41) is 5.68. The fraction of sp³-hybridized carbons (Fsp3) is 0.300. The number of carbonyl (C=O) groups excluding carboxylic acids is 2. The number of rotatable bonds is 9. The molecule has 0 bridgehead atoms. The van der Waals surface area contributed by atoms with Gasteiger partial charge in [0.2, 0.25) is 15.9 Å². The molecular weight excluding hydrogens is 444 g/mol. The molecule has 11 heteroatoms. The summed E-state index contributed by atoms with van der Waals surface area (Å²) < 4.78 is 31.8. The van der Waals surface area contributed by atoms with Crippen molar-refractivity contribution in [2.24, 2.45) is 5.73 Å². The summed E-state index contributed by atoms with van der Waals surface area (Å²) in [5.41, 5.74) is 6.14. The molecule has 0 saturated heterocycles. The minimum atomic E-state index is -3.80. The molecule has 0 aliphatic carbocycles. The number of amides is 3. The summed E-state index contributed by atoms with van der Waals surface area (Å²) >= 11 is 5.89. The Kier molecular flexibility index (Phi) is 8.26. The van der Waals surface area contributed by atoms with E-state index in [1.807, 2.05) is 0 Å². The summed E-state index contributed by atoms with van der Waals surface area (Å²) in [6.45, 7) is 2.02. The summed E-state index contributed by atoms with van der Waals surface area (Å²) in [6.07, 6.45) is -0.131. The average molecular weight is 469 g/mol. The molecule has 3 amide bonds. The number of urea groups is 1. The van der Waals surface area contributed by atoms with Gasteiger partial charge in [-0.25, -0.2) is 17.5 Å². The maximum atomic E-state index is 12.6. The van der Waals surface area contributed by atoms with Gasteiger partial charge >= 0.3 is 6.03 Å². The van der Waals surface area contributed by atoms with Crippen molar-refractivity contribution in [1.29, 1.82) is 0 Å². The van der Waals surface area contributed by atoms with Gasteiger partial charge in [-0.15, -0.1) is 0 Å². The van der Waals surface area contributed by atoms with E-state index in [0.717, 1.165) is 4.31 Å². The van der Waals surface area contributed by atoms with Crippen LogP contribution < -0.4 is 21.1 Å². The smallest absolute Gasteiger partial charge is 0.312 e. The molecule has 31 heavy (non-hydrogen) atoms. The van der Waals surface area contributed by atoms with E-state index >= 15 is 0 Å². The maximum absolute atomic E-state index is 12.6. The Bertz CT molecular complexity index is 1040. The van der Waals surface area contributed by atoms with E-state index in [0.29, 0.717) is 10.6 Å². The lowest BCUT2D eigenvalue weighted by molar-refractivity contribution is -0.116. The summed E-state index contributed by atoms with van der Waals surface area (Å²) in [4.78, 5) is 23.9. The zero-order chi connectivity index (χ0) is 23.2. The van der Waals surface area contributed by atoms with Crippen LogP contribution >= 0.6 is 11.6 Å². The van der Waals surface area contributed by atoms with Crippen molar-refractivity contribution in [1.82, 2.24) is 9.62 Å². The van der Waals surface area contributed by atoms with Crippen molar-refractivity contribution in [2.75, 3.05) is 26.0 Å². The molecule has 0 fully saturated rings. The van der Waals surface area contributed by atoms with Gasteiger partial charge in [0, 0.05) is 24.8 Å². The minimum absolute atomic E-state index is 0.0679. The number of hydrogen-bond acceptors (Lipinski definition) is 5. The molecule has 1 atom stereocenters. The van der Waals surface area contributed by atoms with Gasteiger partial charge in [-0.2, -0.15) is 0 Å². The molecule has 168 valence electrons. The van der Waals surface area contributed by atoms with E-state index < -0.39 is 28.0 Å². The standard InChI is InChI=1S/C20H25ClN4O5S/c1-4-30-17-10-9-15(11-18(17)31(28,29)25(2)3)23-19(26)12-16(24-20(22)27)13-5-7-14(21)8-6-13/h5-11,16H,4,12H2,1-3H3,(H,23,26)(H3,22,24,27). The number of ether oxygens (including phenoxy) is 1. The number of sulfonamides is 1. The quantitative estimate of drug-likeness (QED) is 0.520. The number of carbonyl (C=O) groups is 2. The highest BCUT2D eigenvalue weighted by atomic mass is 35.5. The third kappa shape index (κ3) is 6.58. The molecule has 0 saturated carbocycles. The Morgan fingerprint density at radius 1 is 1.16 bits per heavy atom. The van der Waals surface area contributed by atoms with Crippen LogP contribution in [0.2, 0.25) is 5.02 Å². The van der Waals surface area contributed by atoms with Crippen LogP contribution in [0.25, 0.3) is 0 Å². The molecule has 0 aliphatic rings. The molecule has 0 aromatic heterocycles. The Hall–Kier alpha value is -2.82. The zero-order valence-electron chi connectivity index (χ0n) is 17.4. The predicted molar refractivity (Wildman–Crippen MR) is 119 cm³/mol. The van der Waals surface area contributed by atoms with Gasteiger partial charge in [0.25, 0.3) is 0 Å². The first-order chi connectivity index (χ1) is 14.5. The lowest BCUT2D eigenvalue weighted by atomic mass is 10.0. The lowest BCUT2D eigenvalue weighted by Gasteiger charge is -2.19. The van der Waals surface area contributed by atoms with Gasteiger partial charge in [0.15, 0.2) is 0 Å². The number of benzene rings is 2. The number of halogens is 1. The van der Waals surface area contributed by atoms with Crippen LogP contribution in [0, 0.1) is 0 Å². The first-order valence-electron chi connectivity index (χ1n) is 9.35. The number of nitrogens with zero attached hydrogens (tertiary/aromatic N) is 1. The Morgan fingerprint density at radius 2 is 1.81 bits per heavy atom. The van der Waals surface area contributed by atoms with Crippen molar-refractivity contribution in [3.05, 3.63) is 53.1 Å². The zero-order valence-corrected chi connectivity index (χ0v) is 19.0.